The van der Waals surface area contributed by atoms with Gasteiger partial charge in [-0.15, -0.1) is 0 Å². The number of rotatable bonds is 5. The van der Waals surface area contributed by atoms with Gasteiger partial charge in [0.2, 0.25) is 5.91 Å². The van der Waals surface area contributed by atoms with Gasteiger partial charge in [-0.05, 0) is 43.2 Å². The van der Waals surface area contributed by atoms with E-state index in [0.717, 1.165) is 17.7 Å². The van der Waals surface area contributed by atoms with Crippen LogP contribution in [0.5, 0.6) is 0 Å². The molecule has 0 N–H and O–H groups in total. The zero-order valence-corrected chi connectivity index (χ0v) is 13.0. The highest BCUT2D eigenvalue weighted by atomic mass is 19.4. The zero-order valence-electron chi connectivity index (χ0n) is 13.0. The number of benzene rings is 1. The molecule has 4 nitrogen and oxygen atoms in total. The topological polar surface area (TPSA) is 38.1 Å². The minimum absolute atomic E-state index is 0.129. The van der Waals surface area contributed by atoms with Gasteiger partial charge >= 0.3 is 6.18 Å². The van der Waals surface area contributed by atoms with Crippen molar-refractivity contribution in [2.45, 2.75) is 25.9 Å². The summed E-state index contributed by atoms with van der Waals surface area (Å²) in [5, 5.41) is 4.04. The molecule has 2 rings (SSSR count). The summed E-state index contributed by atoms with van der Waals surface area (Å²) in [6.07, 6.45) is -0.0202. The maximum atomic E-state index is 12.6. The van der Waals surface area contributed by atoms with E-state index in [0.29, 0.717) is 18.7 Å². The second-order valence-corrected chi connectivity index (χ2v) is 5.20. The second-order valence-electron chi connectivity index (χ2n) is 5.20. The number of alkyl halides is 3. The fourth-order valence-electron chi connectivity index (χ4n) is 2.32. The van der Waals surface area contributed by atoms with Crippen LogP contribution in [0.15, 0.2) is 36.7 Å². The van der Waals surface area contributed by atoms with Crippen LogP contribution in [-0.4, -0.2) is 22.2 Å². The number of amides is 1. The monoisotopic (exact) mass is 325 g/mol. The van der Waals surface area contributed by atoms with Crippen molar-refractivity contribution in [3.63, 3.8) is 0 Å². The van der Waals surface area contributed by atoms with Crippen LogP contribution in [0, 0.1) is 0 Å². The van der Waals surface area contributed by atoms with Crippen LogP contribution in [0.4, 0.5) is 18.9 Å². The predicted octanol–water partition coefficient (Wildman–Crippen LogP) is 3.42. The molecule has 23 heavy (non-hydrogen) atoms. The third-order valence-corrected chi connectivity index (χ3v) is 3.51. The molecule has 0 saturated heterocycles. The second kappa shape index (κ2) is 6.85. The van der Waals surface area contributed by atoms with Crippen LogP contribution in [0.2, 0.25) is 0 Å². The number of hydrogen-bond acceptors (Lipinski definition) is 2. The maximum absolute atomic E-state index is 12.6. The number of aryl methyl sites for hydroxylation is 2. The van der Waals surface area contributed by atoms with Gasteiger partial charge in [0.1, 0.15) is 0 Å². The zero-order chi connectivity index (χ0) is 17.0. The molecule has 2 aromatic rings. The van der Waals surface area contributed by atoms with Gasteiger partial charge in [0.15, 0.2) is 0 Å². The Labute approximate surface area is 132 Å². The first-order valence-electron chi connectivity index (χ1n) is 7.26. The van der Waals surface area contributed by atoms with E-state index < -0.39 is 11.7 Å². The lowest BCUT2D eigenvalue weighted by atomic mass is 10.1. The van der Waals surface area contributed by atoms with E-state index in [2.05, 4.69) is 5.10 Å². The Morgan fingerprint density at radius 1 is 1.26 bits per heavy atom. The summed E-state index contributed by atoms with van der Waals surface area (Å²) in [4.78, 5) is 13.8. The van der Waals surface area contributed by atoms with Crippen LogP contribution in [-0.2, 0) is 24.4 Å². The van der Waals surface area contributed by atoms with E-state index in [4.69, 9.17) is 0 Å². The van der Waals surface area contributed by atoms with Crippen molar-refractivity contribution in [1.29, 1.82) is 0 Å². The predicted molar refractivity (Wildman–Crippen MR) is 81.0 cm³/mol. The highest BCUT2D eigenvalue weighted by molar-refractivity contribution is 5.93. The molecule has 0 aliphatic carbocycles. The first kappa shape index (κ1) is 17.1. The Hall–Kier alpha value is -2.31. The van der Waals surface area contributed by atoms with Crippen LogP contribution < -0.4 is 4.90 Å². The van der Waals surface area contributed by atoms with Gasteiger partial charge in [0.25, 0.3) is 0 Å². The Balaban J connectivity index is 2.04. The van der Waals surface area contributed by atoms with Gasteiger partial charge in [-0.25, -0.2) is 0 Å². The first-order chi connectivity index (χ1) is 10.8. The van der Waals surface area contributed by atoms with Crippen molar-refractivity contribution in [2.24, 2.45) is 7.05 Å². The molecule has 1 heterocycles. The minimum Gasteiger partial charge on any atom is -0.313 e. The average Bonchev–Trinajstić information content (AvgIpc) is 2.91. The summed E-state index contributed by atoms with van der Waals surface area (Å²) in [6, 6.07) is 4.64. The highest BCUT2D eigenvalue weighted by Crippen LogP contribution is 2.30. The molecule has 1 amide bonds. The van der Waals surface area contributed by atoms with Gasteiger partial charge in [0.05, 0.1) is 11.8 Å². The first-order valence-corrected chi connectivity index (χ1v) is 7.26. The fraction of sp³-hybridized carbons (Fsp3) is 0.375. The smallest absolute Gasteiger partial charge is 0.313 e. The Bertz CT molecular complexity index is 662. The summed E-state index contributed by atoms with van der Waals surface area (Å²) >= 11 is 0. The number of carbonyl (C=O) groups excluding carboxylic acids is 1. The molecule has 7 heteroatoms. The van der Waals surface area contributed by atoms with Crippen molar-refractivity contribution in [1.82, 2.24) is 9.78 Å². The highest BCUT2D eigenvalue weighted by Gasteiger charge is 2.30. The molecular formula is C16H18F3N3O. The molecule has 0 aliphatic heterocycles. The van der Waals surface area contributed by atoms with E-state index >= 15 is 0 Å². The molecule has 0 saturated carbocycles. The SMILES string of the molecule is CCN(C(=O)CCc1cnn(C)c1)c1ccc(C(F)(F)F)cc1. The van der Waals surface area contributed by atoms with Gasteiger partial charge in [-0.3, -0.25) is 9.48 Å². The fourth-order valence-corrected chi connectivity index (χ4v) is 2.32. The molecular weight excluding hydrogens is 307 g/mol. The standard InChI is InChI=1S/C16H18F3N3O/c1-3-22(14-7-5-13(6-8-14)16(17,18)19)15(23)9-4-12-10-20-21(2)11-12/h5-8,10-11H,3-4,9H2,1-2H3. The van der Waals surface area contributed by atoms with Gasteiger partial charge in [-0.1, -0.05) is 0 Å². The minimum atomic E-state index is -4.38. The number of carbonyl (C=O) groups is 1. The number of halogens is 3. The quantitative estimate of drug-likeness (QED) is 0.845. The molecule has 0 fully saturated rings. The van der Waals surface area contributed by atoms with Crippen LogP contribution in [0.25, 0.3) is 0 Å². The summed E-state index contributed by atoms with van der Waals surface area (Å²) in [5.41, 5.74) is 0.695. The van der Waals surface area contributed by atoms with Crippen molar-refractivity contribution < 1.29 is 18.0 Å². The van der Waals surface area contributed by atoms with E-state index in [1.165, 1.54) is 17.0 Å². The molecule has 0 aliphatic rings. The normalized spacial score (nSPS) is 11.5. The molecule has 1 aromatic carbocycles. The largest absolute Gasteiger partial charge is 0.416 e. The van der Waals surface area contributed by atoms with E-state index in [-0.39, 0.29) is 12.3 Å². The maximum Gasteiger partial charge on any atom is 0.416 e. The lowest BCUT2D eigenvalue weighted by Gasteiger charge is -2.21. The Morgan fingerprint density at radius 3 is 2.39 bits per heavy atom. The third-order valence-electron chi connectivity index (χ3n) is 3.51. The molecule has 1 aromatic heterocycles. The lowest BCUT2D eigenvalue weighted by Crippen LogP contribution is -2.30. The molecule has 0 spiro atoms. The summed E-state index contributed by atoms with van der Waals surface area (Å²) < 4.78 is 39.4. The van der Waals surface area contributed by atoms with Crippen molar-refractivity contribution >= 4 is 11.6 Å². The number of hydrogen-bond donors (Lipinski definition) is 0. The van der Waals surface area contributed by atoms with Gasteiger partial charge in [0, 0.05) is 31.9 Å². The van der Waals surface area contributed by atoms with Crippen LogP contribution in [0.1, 0.15) is 24.5 Å². The molecule has 0 atom stereocenters. The Morgan fingerprint density at radius 2 is 1.91 bits per heavy atom. The van der Waals surface area contributed by atoms with Gasteiger partial charge < -0.3 is 4.90 Å². The summed E-state index contributed by atoms with van der Waals surface area (Å²) in [5.74, 6) is -0.129. The number of aromatic nitrogens is 2. The third kappa shape index (κ3) is 4.34. The molecule has 0 radical (unpaired) electrons. The number of anilines is 1. The summed E-state index contributed by atoms with van der Waals surface area (Å²) in [6.45, 7) is 2.19. The number of nitrogens with zero attached hydrogens (tertiary/aromatic N) is 3. The average molecular weight is 325 g/mol. The van der Waals surface area contributed by atoms with Crippen LogP contribution in [0.3, 0.4) is 0 Å². The summed E-state index contributed by atoms with van der Waals surface area (Å²) in [7, 11) is 1.80. The molecule has 0 bridgehead atoms. The van der Waals surface area contributed by atoms with Crippen molar-refractivity contribution in [3.8, 4) is 0 Å². The van der Waals surface area contributed by atoms with E-state index in [9.17, 15) is 18.0 Å². The van der Waals surface area contributed by atoms with E-state index in [1.54, 1.807) is 24.9 Å². The lowest BCUT2D eigenvalue weighted by molar-refractivity contribution is -0.137. The van der Waals surface area contributed by atoms with Crippen LogP contribution >= 0.6 is 0 Å². The van der Waals surface area contributed by atoms with E-state index in [1.807, 2.05) is 6.20 Å². The molecule has 0 unspecified atom stereocenters. The molecule has 124 valence electrons. The Kier molecular flexibility index (Phi) is 5.08. The van der Waals surface area contributed by atoms with Gasteiger partial charge in [-0.2, -0.15) is 18.3 Å². The van der Waals surface area contributed by atoms with Crippen molar-refractivity contribution in [2.75, 3.05) is 11.4 Å². The van der Waals surface area contributed by atoms with Crippen molar-refractivity contribution in [3.05, 3.63) is 47.8 Å².